The van der Waals surface area contributed by atoms with Crippen LogP contribution < -0.4 is 11.1 Å². The van der Waals surface area contributed by atoms with Gasteiger partial charge in [0.05, 0.1) is 6.54 Å². The number of nitrogens with two attached hydrogens (primary N) is 1. The summed E-state index contributed by atoms with van der Waals surface area (Å²) in [5, 5.41) is 7.01. The first-order valence-electron chi connectivity index (χ1n) is 6.45. The van der Waals surface area contributed by atoms with Crippen LogP contribution in [0, 0.1) is 13.8 Å². The molecule has 2 aromatic rings. The van der Waals surface area contributed by atoms with Crippen molar-refractivity contribution in [2.24, 2.45) is 0 Å². The van der Waals surface area contributed by atoms with E-state index in [2.05, 4.69) is 25.4 Å². The quantitative estimate of drug-likeness (QED) is 0.883. The van der Waals surface area contributed by atoms with E-state index >= 15 is 0 Å². The summed E-state index contributed by atoms with van der Waals surface area (Å²) in [5.41, 5.74) is 6.60. The third-order valence-corrected chi connectivity index (χ3v) is 2.84. The SMILES string of the molecule is Cc1nc(CNc2nc(C(C)(C)C)nc(N)c2C)no1. The van der Waals surface area contributed by atoms with E-state index in [0.717, 1.165) is 5.56 Å². The van der Waals surface area contributed by atoms with Crippen molar-refractivity contribution in [3.8, 4) is 0 Å². The van der Waals surface area contributed by atoms with Crippen LogP contribution in [0.15, 0.2) is 4.52 Å². The predicted octanol–water partition coefficient (Wildman–Crippen LogP) is 1.97. The monoisotopic (exact) mass is 276 g/mol. The van der Waals surface area contributed by atoms with E-state index in [1.807, 2.05) is 27.7 Å². The maximum Gasteiger partial charge on any atom is 0.223 e. The second kappa shape index (κ2) is 5.07. The molecule has 0 amide bonds. The van der Waals surface area contributed by atoms with Crippen LogP contribution in [-0.4, -0.2) is 20.1 Å². The first-order valence-corrected chi connectivity index (χ1v) is 6.45. The fraction of sp³-hybridized carbons (Fsp3) is 0.538. The molecule has 0 aliphatic rings. The molecule has 2 aromatic heterocycles. The van der Waals surface area contributed by atoms with Crippen molar-refractivity contribution in [3.05, 3.63) is 23.1 Å². The van der Waals surface area contributed by atoms with Gasteiger partial charge in [0.1, 0.15) is 17.5 Å². The third-order valence-electron chi connectivity index (χ3n) is 2.84. The molecule has 0 aliphatic heterocycles. The Labute approximate surface area is 118 Å². The number of nitrogens with one attached hydrogen (secondary N) is 1. The van der Waals surface area contributed by atoms with Gasteiger partial charge < -0.3 is 15.6 Å². The van der Waals surface area contributed by atoms with Gasteiger partial charge >= 0.3 is 0 Å². The predicted molar refractivity (Wildman–Crippen MR) is 76.2 cm³/mol. The molecule has 0 aromatic carbocycles. The lowest BCUT2D eigenvalue weighted by Gasteiger charge is -2.19. The largest absolute Gasteiger partial charge is 0.383 e. The summed E-state index contributed by atoms with van der Waals surface area (Å²) < 4.78 is 4.93. The fourth-order valence-electron chi connectivity index (χ4n) is 1.62. The Morgan fingerprint density at radius 3 is 2.40 bits per heavy atom. The second-order valence-corrected chi connectivity index (χ2v) is 5.74. The summed E-state index contributed by atoms with van der Waals surface area (Å²) in [7, 11) is 0. The molecule has 7 nitrogen and oxygen atoms in total. The van der Waals surface area contributed by atoms with Gasteiger partial charge in [0.15, 0.2) is 5.82 Å². The first kappa shape index (κ1) is 14.2. The Bertz CT molecular complexity index is 614. The molecule has 7 heteroatoms. The van der Waals surface area contributed by atoms with Crippen molar-refractivity contribution >= 4 is 11.6 Å². The van der Waals surface area contributed by atoms with Crippen molar-refractivity contribution in [3.63, 3.8) is 0 Å². The zero-order chi connectivity index (χ0) is 14.9. The summed E-state index contributed by atoms with van der Waals surface area (Å²) in [6.07, 6.45) is 0. The Morgan fingerprint density at radius 2 is 1.85 bits per heavy atom. The Morgan fingerprint density at radius 1 is 1.15 bits per heavy atom. The number of nitrogens with zero attached hydrogens (tertiary/aromatic N) is 4. The standard InChI is InChI=1S/C13H20N6O/c1-7-10(14)17-12(13(3,4)5)18-11(7)15-6-9-16-8(2)20-19-9/h6H2,1-5H3,(H3,14,15,17,18). The van der Waals surface area contributed by atoms with Crippen LogP contribution in [0.4, 0.5) is 11.6 Å². The summed E-state index contributed by atoms with van der Waals surface area (Å²) in [5.74, 6) is 3.00. The molecule has 20 heavy (non-hydrogen) atoms. The summed E-state index contributed by atoms with van der Waals surface area (Å²) in [6, 6.07) is 0. The van der Waals surface area contributed by atoms with E-state index < -0.39 is 0 Å². The van der Waals surface area contributed by atoms with Crippen LogP contribution in [0.2, 0.25) is 0 Å². The normalized spacial score (nSPS) is 11.7. The third kappa shape index (κ3) is 3.04. The highest BCUT2D eigenvalue weighted by atomic mass is 16.5. The zero-order valence-corrected chi connectivity index (χ0v) is 12.5. The van der Waals surface area contributed by atoms with Gasteiger partial charge in [0.25, 0.3) is 0 Å². The number of hydrogen-bond donors (Lipinski definition) is 2. The number of aromatic nitrogens is 4. The van der Waals surface area contributed by atoms with Gasteiger partial charge in [-0.2, -0.15) is 4.98 Å². The van der Waals surface area contributed by atoms with Crippen molar-refractivity contribution in [2.75, 3.05) is 11.1 Å². The van der Waals surface area contributed by atoms with Crippen LogP contribution in [-0.2, 0) is 12.0 Å². The number of hydrogen-bond acceptors (Lipinski definition) is 7. The molecule has 0 saturated carbocycles. The molecule has 2 rings (SSSR count). The van der Waals surface area contributed by atoms with Crippen molar-refractivity contribution in [2.45, 2.75) is 46.6 Å². The van der Waals surface area contributed by atoms with Crippen LogP contribution >= 0.6 is 0 Å². The van der Waals surface area contributed by atoms with E-state index in [1.54, 1.807) is 6.92 Å². The molecule has 0 unspecified atom stereocenters. The van der Waals surface area contributed by atoms with Crippen molar-refractivity contribution in [1.29, 1.82) is 0 Å². The van der Waals surface area contributed by atoms with Gasteiger partial charge in [-0.3, -0.25) is 0 Å². The minimum Gasteiger partial charge on any atom is -0.383 e. The highest BCUT2D eigenvalue weighted by Crippen LogP contribution is 2.24. The highest BCUT2D eigenvalue weighted by molar-refractivity contribution is 5.55. The second-order valence-electron chi connectivity index (χ2n) is 5.74. The molecule has 108 valence electrons. The lowest BCUT2D eigenvalue weighted by atomic mass is 9.95. The maximum absolute atomic E-state index is 5.95. The van der Waals surface area contributed by atoms with Crippen molar-refractivity contribution in [1.82, 2.24) is 20.1 Å². The zero-order valence-electron chi connectivity index (χ0n) is 12.5. The van der Waals surface area contributed by atoms with Gasteiger partial charge in [0.2, 0.25) is 5.89 Å². The molecule has 0 bridgehead atoms. The highest BCUT2D eigenvalue weighted by Gasteiger charge is 2.20. The van der Waals surface area contributed by atoms with Crippen molar-refractivity contribution < 1.29 is 4.52 Å². The molecule has 0 saturated heterocycles. The fourth-order valence-corrected chi connectivity index (χ4v) is 1.62. The van der Waals surface area contributed by atoms with E-state index in [4.69, 9.17) is 10.3 Å². The smallest absolute Gasteiger partial charge is 0.223 e. The summed E-state index contributed by atoms with van der Waals surface area (Å²) in [6.45, 7) is 10.2. The van der Waals surface area contributed by atoms with Gasteiger partial charge in [-0.1, -0.05) is 25.9 Å². The van der Waals surface area contributed by atoms with Gasteiger partial charge in [-0.15, -0.1) is 0 Å². The lowest BCUT2D eigenvalue weighted by molar-refractivity contribution is 0.388. The minimum absolute atomic E-state index is 0.166. The summed E-state index contributed by atoms with van der Waals surface area (Å²) in [4.78, 5) is 13.0. The topological polar surface area (TPSA) is 103 Å². The van der Waals surface area contributed by atoms with Gasteiger partial charge in [0, 0.05) is 17.9 Å². The molecule has 0 spiro atoms. The van der Waals surface area contributed by atoms with E-state index in [9.17, 15) is 0 Å². The number of rotatable bonds is 3. The molecule has 0 fully saturated rings. The molecular weight excluding hydrogens is 256 g/mol. The number of nitrogen functional groups attached to an aromatic ring is 1. The van der Waals surface area contributed by atoms with E-state index in [1.165, 1.54) is 0 Å². The molecule has 0 atom stereocenters. The molecule has 3 N–H and O–H groups in total. The number of aryl methyl sites for hydroxylation is 1. The van der Waals surface area contributed by atoms with Gasteiger partial charge in [-0.05, 0) is 6.92 Å². The molecule has 0 radical (unpaired) electrons. The lowest BCUT2D eigenvalue weighted by Crippen LogP contribution is -2.19. The Balaban J connectivity index is 2.24. The average Bonchev–Trinajstić information content (AvgIpc) is 2.75. The van der Waals surface area contributed by atoms with Crippen LogP contribution in [0.3, 0.4) is 0 Å². The number of anilines is 2. The maximum atomic E-state index is 5.95. The van der Waals surface area contributed by atoms with E-state index in [0.29, 0.717) is 35.7 Å². The average molecular weight is 276 g/mol. The van der Waals surface area contributed by atoms with Crippen LogP contribution in [0.1, 0.15) is 43.9 Å². The van der Waals surface area contributed by atoms with Crippen LogP contribution in [0.25, 0.3) is 0 Å². The van der Waals surface area contributed by atoms with Gasteiger partial charge in [-0.25, -0.2) is 9.97 Å². The van der Waals surface area contributed by atoms with Crippen LogP contribution in [0.5, 0.6) is 0 Å². The minimum atomic E-state index is -0.166. The Hall–Kier alpha value is -2.18. The first-order chi connectivity index (χ1) is 9.27. The molecule has 0 aliphatic carbocycles. The molecular formula is C13H20N6O. The Kier molecular flexibility index (Phi) is 3.61. The molecule has 2 heterocycles. The summed E-state index contributed by atoms with van der Waals surface area (Å²) >= 11 is 0. The van der Waals surface area contributed by atoms with E-state index in [-0.39, 0.29) is 5.41 Å².